The van der Waals surface area contributed by atoms with E-state index in [4.69, 9.17) is 0 Å². The first-order chi connectivity index (χ1) is 13.6. The van der Waals surface area contributed by atoms with E-state index in [-0.39, 0.29) is 0 Å². The van der Waals surface area contributed by atoms with Gasteiger partial charge in [-0.15, -0.1) is 0 Å². The van der Waals surface area contributed by atoms with Crippen LogP contribution in [-0.2, 0) is 6.42 Å². The van der Waals surface area contributed by atoms with Gasteiger partial charge in [-0.3, -0.25) is 0 Å². The highest BCUT2D eigenvalue weighted by atomic mass is 28.5. The van der Waals surface area contributed by atoms with Gasteiger partial charge in [-0.2, -0.15) is 0 Å². The summed E-state index contributed by atoms with van der Waals surface area (Å²) in [6, 6.07) is 21.4. The molecule has 2 aliphatic rings. The topological polar surface area (TPSA) is 15.3 Å². The van der Waals surface area contributed by atoms with Crippen LogP contribution in [0.1, 0.15) is 42.1 Å². The Bertz CT molecular complexity index is 863. The molecule has 2 atom stereocenters. The highest BCUT2D eigenvalue weighted by Crippen LogP contribution is 2.56. The Kier molecular flexibility index (Phi) is 5.35. The molecule has 0 amide bonds. The number of fused-ring (bicyclic) bond motifs is 1. The molecule has 4 rings (SSSR count). The van der Waals surface area contributed by atoms with Gasteiger partial charge in [0, 0.05) is 12.1 Å². The molecular formula is C24H38N2Si3. The Morgan fingerprint density at radius 3 is 2.17 bits per heavy atom. The summed E-state index contributed by atoms with van der Waals surface area (Å²) in [5, 5.41) is 0. The lowest BCUT2D eigenvalue weighted by Crippen LogP contribution is -2.86. The Hall–Kier alpha value is -0.989. The van der Waals surface area contributed by atoms with Crippen LogP contribution in [0.2, 0.25) is 44.1 Å². The fraction of sp³-hybridized carbons (Fsp3) is 0.500. The van der Waals surface area contributed by atoms with Crippen LogP contribution in [0, 0.1) is 0 Å². The molecule has 1 N–H and O–H groups in total. The van der Waals surface area contributed by atoms with E-state index in [2.05, 4.69) is 110 Å². The lowest BCUT2D eigenvalue weighted by atomic mass is 10.1. The summed E-state index contributed by atoms with van der Waals surface area (Å²) < 4.78 is 3.04. The normalized spacial score (nSPS) is 24.7. The molecule has 1 aliphatic heterocycles. The number of benzene rings is 2. The predicted octanol–water partition coefficient (Wildman–Crippen LogP) is 6.40. The Balaban J connectivity index is 1.58. The second kappa shape index (κ2) is 7.31. The third kappa shape index (κ3) is 3.45. The maximum absolute atomic E-state index is 4.31. The van der Waals surface area contributed by atoms with Crippen molar-refractivity contribution in [2.24, 2.45) is 0 Å². The highest BCUT2D eigenvalue weighted by molar-refractivity contribution is 7.21. The maximum Gasteiger partial charge on any atom is 0.120 e. The number of rotatable bonds is 5. The van der Waals surface area contributed by atoms with Crippen LogP contribution in [0.25, 0.3) is 0 Å². The molecular weight excluding hydrogens is 401 g/mol. The highest BCUT2D eigenvalue weighted by Gasteiger charge is 2.68. The minimum atomic E-state index is -1.58. The molecule has 0 spiro atoms. The lowest BCUT2D eigenvalue weighted by Gasteiger charge is -2.71. The van der Waals surface area contributed by atoms with Crippen molar-refractivity contribution in [3.8, 4) is 0 Å². The minimum absolute atomic E-state index is 0.549. The summed E-state index contributed by atoms with van der Waals surface area (Å²) >= 11 is 0. The van der Waals surface area contributed by atoms with Gasteiger partial charge < -0.3 is 9.21 Å². The first kappa shape index (κ1) is 21.3. The van der Waals surface area contributed by atoms with Gasteiger partial charge in [0.1, 0.15) is 24.7 Å². The molecule has 0 unspecified atom stereocenters. The zero-order valence-electron chi connectivity index (χ0n) is 19.3. The molecule has 1 saturated heterocycles. The molecule has 0 saturated carbocycles. The van der Waals surface area contributed by atoms with Crippen LogP contribution in [-0.4, -0.2) is 28.9 Å². The Morgan fingerprint density at radius 1 is 0.931 bits per heavy atom. The Morgan fingerprint density at radius 2 is 1.52 bits per heavy atom. The molecule has 2 aromatic carbocycles. The molecule has 1 aliphatic carbocycles. The van der Waals surface area contributed by atoms with Gasteiger partial charge >= 0.3 is 0 Å². The van der Waals surface area contributed by atoms with E-state index in [9.17, 15) is 0 Å². The molecule has 0 radical (unpaired) electrons. The molecule has 1 heterocycles. The number of hydrogen-bond donors (Lipinski definition) is 1. The molecule has 2 nitrogen and oxygen atoms in total. The van der Waals surface area contributed by atoms with Crippen molar-refractivity contribution in [2.45, 2.75) is 75.9 Å². The molecule has 1 fully saturated rings. The molecule has 0 aromatic heterocycles. The third-order valence-electron chi connectivity index (χ3n) is 7.72. The van der Waals surface area contributed by atoms with Crippen molar-refractivity contribution in [1.29, 1.82) is 0 Å². The third-order valence-corrected chi connectivity index (χ3v) is 32.6. The number of hydrogen-bond acceptors (Lipinski definition) is 2. The number of nitrogens with one attached hydrogen (secondary N) is 1. The molecule has 2 aromatic rings. The van der Waals surface area contributed by atoms with Crippen LogP contribution in [0.15, 0.2) is 54.6 Å². The molecule has 29 heavy (non-hydrogen) atoms. The zero-order chi connectivity index (χ0) is 21.0. The second-order valence-corrected chi connectivity index (χ2v) is 26.1. The van der Waals surface area contributed by atoms with Crippen molar-refractivity contribution in [3.63, 3.8) is 0 Å². The second-order valence-electron chi connectivity index (χ2n) is 10.9. The van der Waals surface area contributed by atoms with Gasteiger partial charge in [-0.05, 0) is 41.2 Å². The average Bonchev–Trinajstić information content (AvgIpc) is 3.03. The first-order valence-corrected chi connectivity index (χ1v) is 20.4. The maximum atomic E-state index is 4.31. The summed E-state index contributed by atoms with van der Waals surface area (Å²) in [6.45, 7) is 18.3. The van der Waals surface area contributed by atoms with E-state index in [1.165, 1.54) is 18.4 Å². The van der Waals surface area contributed by atoms with Gasteiger partial charge in [0.25, 0.3) is 0 Å². The number of nitrogens with zero attached hydrogens (tertiary/aromatic N) is 1. The lowest BCUT2D eigenvalue weighted by molar-refractivity contribution is 0.451. The van der Waals surface area contributed by atoms with E-state index in [1.807, 2.05) is 0 Å². The van der Waals surface area contributed by atoms with Crippen molar-refractivity contribution >= 4 is 24.7 Å². The molecule has 0 bridgehead atoms. The van der Waals surface area contributed by atoms with Crippen LogP contribution < -0.4 is 4.98 Å². The van der Waals surface area contributed by atoms with Gasteiger partial charge in [0.05, 0.1) is 0 Å². The van der Waals surface area contributed by atoms with Gasteiger partial charge in [0.2, 0.25) is 0 Å². The van der Waals surface area contributed by atoms with E-state index >= 15 is 0 Å². The summed E-state index contributed by atoms with van der Waals surface area (Å²) in [5.41, 5.74) is 4.63. The standard InChI is InChI=1S/C24H38N2Si3/c1-19(20-13-9-8-10-14-20)26-28(4,5)24(29(26,6)7)27(2,3)25-23-18-17-21-15-11-12-16-22(21)23/h8-16,19,23-25H,17-18H2,1-7H3/t19-,23+/m0/s1. The van der Waals surface area contributed by atoms with Crippen LogP contribution in [0.3, 0.4) is 0 Å². The summed E-state index contributed by atoms with van der Waals surface area (Å²) in [4.78, 5) is 5.27. The predicted molar refractivity (Wildman–Crippen MR) is 134 cm³/mol. The minimum Gasteiger partial charge on any atom is -0.340 e. The largest absolute Gasteiger partial charge is 0.340 e. The van der Waals surface area contributed by atoms with E-state index < -0.39 is 24.7 Å². The average molecular weight is 439 g/mol. The number of aryl methyl sites for hydroxylation is 1. The monoisotopic (exact) mass is 438 g/mol. The van der Waals surface area contributed by atoms with Crippen LogP contribution >= 0.6 is 0 Å². The fourth-order valence-corrected chi connectivity index (χ4v) is 41.7. The summed E-state index contributed by atoms with van der Waals surface area (Å²) in [5.74, 6) is 0. The van der Waals surface area contributed by atoms with Crippen molar-refractivity contribution in [3.05, 3.63) is 71.3 Å². The van der Waals surface area contributed by atoms with Crippen LogP contribution in [0.4, 0.5) is 0 Å². The van der Waals surface area contributed by atoms with Gasteiger partial charge in [-0.1, -0.05) is 93.9 Å². The zero-order valence-corrected chi connectivity index (χ0v) is 22.3. The fourth-order valence-electron chi connectivity index (χ4n) is 7.70. The molecule has 5 heteroatoms. The van der Waals surface area contributed by atoms with Gasteiger partial charge in [-0.25, -0.2) is 0 Å². The van der Waals surface area contributed by atoms with E-state index in [1.54, 1.807) is 11.1 Å². The van der Waals surface area contributed by atoms with Crippen molar-refractivity contribution < 1.29 is 0 Å². The Labute approximate surface area is 181 Å². The quantitative estimate of drug-likeness (QED) is 0.543. The summed E-state index contributed by atoms with van der Waals surface area (Å²) in [7, 11) is -4.57. The van der Waals surface area contributed by atoms with Crippen molar-refractivity contribution in [1.82, 2.24) is 9.21 Å². The van der Waals surface area contributed by atoms with Gasteiger partial charge in [0.15, 0.2) is 0 Å². The summed E-state index contributed by atoms with van der Waals surface area (Å²) in [6.07, 6.45) is 2.51. The SMILES string of the molecule is C[C@@H](c1ccccc1)N1[Si](C)(C)C([Si](C)(C)N[C@@H]2CCc3ccccc32)[Si]1(C)C. The van der Waals surface area contributed by atoms with Crippen molar-refractivity contribution in [2.75, 3.05) is 0 Å². The van der Waals surface area contributed by atoms with E-state index in [0.29, 0.717) is 12.1 Å². The van der Waals surface area contributed by atoms with E-state index in [0.717, 1.165) is 4.79 Å². The molecule has 156 valence electrons. The first-order valence-electron chi connectivity index (χ1n) is 11.3. The van der Waals surface area contributed by atoms with Crippen LogP contribution in [0.5, 0.6) is 0 Å². The smallest absolute Gasteiger partial charge is 0.120 e.